The van der Waals surface area contributed by atoms with E-state index in [9.17, 15) is 0 Å². The van der Waals surface area contributed by atoms with E-state index in [2.05, 4.69) is 103 Å². The van der Waals surface area contributed by atoms with Gasteiger partial charge in [0.25, 0.3) is 0 Å². The summed E-state index contributed by atoms with van der Waals surface area (Å²) in [5, 5.41) is 2.43. The van der Waals surface area contributed by atoms with Gasteiger partial charge in [0.15, 0.2) is 12.0 Å². The number of hydrogen-bond acceptors (Lipinski definition) is 3. The summed E-state index contributed by atoms with van der Waals surface area (Å²) < 4.78 is 2.23. The Labute approximate surface area is 204 Å². The van der Waals surface area contributed by atoms with Crippen molar-refractivity contribution in [2.75, 3.05) is 0 Å². The van der Waals surface area contributed by atoms with E-state index < -0.39 is 0 Å². The maximum atomic E-state index is 4.90. The Balaban J connectivity index is 1.94. The summed E-state index contributed by atoms with van der Waals surface area (Å²) >= 11 is 0. The summed E-state index contributed by atoms with van der Waals surface area (Å²) in [7, 11) is 2.13. The van der Waals surface area contributed by atoms with E-state index in [4.69, 9.17) is 15.0 Å². The topological polar surface area (TPSA) is 42.6 Å². The van der Waals surface area contributed by atoms with Crippen molar-refractivity contribution in [3.63, 3.8) is 0 Å². The van der Waals surface area contributed by atoms with Gasteiger partial charge in [0.1, 0.15) is 18.7 Å². The van der Waals surface area contributed by atoms with E-state index in [1.54, 1.807) is 0 Å². The highest BCUT2D eigenvalue weighted by Gasteiger charge is 2.20. The smallest absolute Gasteiger partial charge is 0.218 e. The van der Waals surface area contributed by atoms with Gasteiger partial charge >= 0.3 is 0 Å². The molecule has 0 amide bonds. The van der Waals surface area contributed by atoms with Crippen LogP contribution in [0.2, 0.25) is 0 Å². The van der Waals surface area contributed by atoms with Gasteiger partial charge in [0.2, 0.25) is 5.69 Å². The first-order chi connectivity index (χ1) is 16.1. The molecule has 2 aromatic heterocycles. The first-order valence-electron chi connectivity index (χ1n) is 12.4. The average molecular weight is 454 g/mol. The number of hydrogen-bond donors (Lipinski definition) is 0. The van der Waals surface area contributed by atoms with Crippen molar-refractivity contribution in [2.45, 2.75) is 61.3 Å². The molecule has 34 heavy (non-hydrogen) atoms. The number of nitrogens with zero attached hydrogens (tertiary/aromatic N) is 4. The van der Waals surface area contributed by atoms with Crippen LogP contribution >= 0.6 is 0 Å². The molecule has 0 radical (unpaired) electrons. The lowest BCUT2D eigenvalue weighted by atomic mass is 9.94. The molecule has 0 atom stereocenters. The van der Waals surface area contributed by atoms with E-state index >= 15 is 0 Å². The number of pyridine rings is 1. The Kier molecular flexibility index (Phi) is 6.79. The first-order valence-corrected chi connectivity index (χ1v) is 12.4. The predicted molar refractivity (Wildman–Crippen MR) is 141 cm³/mol. The molecule has 2 heterocycles. The van der Waals surface area contributed by atoms with E-state index in [1.165, 1.54) is 38.7 Å². The number of aromatic nitrogens is 4. The molecule has 0 spiro atoms. The quantitative estimate of drug-likeness (QED) is 0.313. The zero-order valence-electron chi connectivity index (χ0n) is 21.9. The van der Waals surface area contributed by atoms with E-state index in [1.807, 2.05) is 0 Å². The molecule has 2 aromatic carbocycles. The van der Waals surface area contributed by atoms with Crippen molar-refractivity contribution in [2.24, 2.45) is 18.9 Å². The Hall–Kier alpha value is -3.14. The second-order valence-corrected chi connectivity index (χ2v) is 10.5. The third-order valence-electron chi connectivity index (χ3n) is 6.37. The van der Waals surface area contributed by atoms with Gasteiger partial charge in [-0.15, -0.1) is 0 Å². The zero-order chi connectivity index (χ0) is 24.6. The third-order valence-corrected chi connectivity index (χ3v) is 6.37. The summed E-state index contributed by atoms with van der Waals surface area (Å²) in [4.78, 5) is 14.6. The van der Waals surface area contributed by atoms with Gasteiger partial charge in [-0.3, -0.25) is 0 Å². The minimum absolute atomic E-state index is 0.497. The number of aryl methyl sites for hydroxylation is 3. The van der Waals surface area contributed by atoms with Crippen molar-refractivity contribution in [1.29, 1.82) is 0 Å². The SMILES string of the molecule is Cc1cc(C)c(C)c(-c2c3cc(-c4nc(CC(C)C)nc(CC(C)C)n4)ccc3cc[n+]2C)c1. The van der Waals surface area contributed by atoms with E-state index in [0.29, 0.717) is 11.8 Å². The van der Waals surface area contributed by atoms with Crippen LogP contribution in [0.3, 0.4) is 0 Å². The van der Waals surface area contributed by atoms with Crippen molar-refractivity contribution in [3.05, 3.63) is 70.9 Å². The Morgan fingerprint density at radius 3 is 2.06 bits per heavy atom. The van der Waals surface area contributed by atoms with Crippen molar-refractivity contribution < 1.29 is 4.57 Å². The van der Waals surface area contributed by atoms with Crippen LogP contribution in [0.15, 0.2) is 42.6 Å². The fourth-order valence-electron chi connectivity index (χ4n) is 4.63. The van der Waals surface area contributed by atoms with Gasteiger partial charge in [-0.1, -0.05) is 51.5 Å². The molecule has 0 fully saturated rings. The van der Waals surface area contributed by atoms with Crippen LogP contribution in [-0.2, 0) is 19.9 Å². The van der Waals surface area contributed by atoms with E-state index in [0.717, 1.165) is 35.9 Å². The van der Waals surface area contributed by atoms with Gasteiger partial charge in [0.05, 0.1) is 10.9 Å². The zero-order valence-corrected chi connectivity index (χ0v) is 21.9. The highest BCUT2D eigenvalue weighted by molar-refractivity contribution is 5.96. The van der Waals surface area contributed by atoms with Gasteiger partial charge in [-0.25, -0.2) is 19.5 Å². The number of fused-ring (bicyclic) bond motifs is 1. The molecular weight excluding hydrogens is 416 g/mol. The van der Waals surface area contributed by atoms with Crippen LogP contribution in [0.25, 0.3) is 33.4 Å². The average Bonchev–Trinajstić information content (AvgIpc) is 2.75. The molecule has 4 heteroatoms. The fraction of sp³-hybridized carbons (Fsp3) is 0.400. The lowest BCUT2D eigenvalue weighted by Crippen LogP contribution is -2.30. The Morgan fingerprint density at radius 1 is 0.794 bits per heavy atom. The van der Waals surface area contributed by atoms with E-state index in [-0.39, 0.29) is 0 Å². The fourth-order valence-corrected chi connectivity index (χ4v) is 4.63. The molecule has 0 bridgehead atoms. The van der Waals surface area contributed by atoms with Crippen LogP contribution in [0.1, 0.15) is 56.0 Å². The molecular formula is C30H37N4+. The molecule has 0 aliphatic carbocycles. The molecule has 4 aromatic rings. The van der Waals surface area contributed by atoms with Gasteiger partial charge < -0.3 is 0 Å². The second kappa shape index (κ2) is 9.61. The Morgan fingerprint density at radius 2 is 1.44 bits per heavy atom. The molecule has 0 aliphatic rings. The molecule has 0 aliphatic heterocycles. The molecule has 176 valence electrons. The lowest BCUT2D eigenvalue weighted by molar-refractivity contribution is -0.659. The molecule has 0 saturated heterocycles. The summed E-state index contributed by atoms with van der Waals surface area (Å²) in [5.74, 6) is 3.55. The largest absolute Gasteiger partial charge is 0.220 e. The summed E-state index contributed by atoms with van der Waals surface area (Å²) in [6.45, 7) is 15.4. The summed E-state index contributed by atoms with van der Waals surface area (Å²) in [6.07, 6.45) is 3.87. The second-order valence-electron chi connectivity index (χ2n) is 10.5. The summed E-state index contributed by atoms with van der Waals surface area (Å²) in [6, 6.07) is 13.3. The molecule has 4 rings (SSSR count). The minimum atomic E-state index is 0.497. The normalized spacial score (nSPS) is 11.7. The first kappa shape index (κ1) is 24.0. The van der Waals surface area contributed by atoms with Crippen LogP contribution in [0.5, 0.6) is 0 Å². The monoisotopic (exact) mass is 453 g/mol. The van der Waals surface area contributed by atoms with Gasteiger partial charge in [-0.05, 0) is 61.3 Å². The Bertz CT molecular complexity index is 1320. The highest BCUT2D eigenvalue weighted by Crippen LogP contribution is 2.32. The van der Waals surface area contributed by atoms with Crippen molar-refractivity contribution in [3.8, 4) is 22.6 Å². The number of rotatable bonds is 6. The minimum Gasteiger partial charge on any atom is -0.218 e. The summed E-state index contributed by atoms with van der Waals surface area (Å²) in [5.41, 5.74) is 7.46. The van der Waals surface area contributed by atoms with Crippen LogP contribution in [0, 0.1) is 32.6 Å². The van der Waals surface area contributed by atoms with Crippen LogP contribution < -0.4 is 4.57 Å². The third kappa shape index (κ3) is 5.01. The predicted octanol–water partition coefficient (Wildman–Crippen LogP) is 6.51. The van der Waals surface area contributed by atoms with Crippen molar-refractivity contribution in [1.82, 2.24) is 15.0 Å². The van der Waals surface area contributed by atoms with Crippen LogP contribution in [0.4, 0.5) is 0 Å². The lowest BCUT2D eigenvalue weighted by Gasteiger charge is -2.13. The molecule has 4 nitrogen and oxygen atoms in total. The molecule has 0 saturated carbocycles. The van der Waals surface area contributed by atoms with Gasteiger partial charge in [0, 0.05) is 24.5 Å². The maximum Gasteiger partial charge on any atom is 0.220 e. The molecule has 0 N–H and O–H groups in total. The standard InChI is InChI=1S/C30H37N4/c1-18(2)13-27-31-28(14-19(3)4)33-30(32-27)24-10-9-23-11-12-34(8)29(26(23)17-24)25-16-20(5)15-21(6)22(25)7/h9-12,15-19H,13-14H2,1-8H3/q+1. The number of benzene rings is 2. The van der Waals surface area contributed by atoms with Crippen LogP contribution in [-0.4, -0.2) is 15.0 Å². The molecule has 0 unspecified atom stereocenters. The maximum absolute atomic E-state index is 4.90. The van der Waals surface area contributed by atoms with Crippen molar-refractivity contribution >= 4 is 10.8 Å². The van der Waals surface area contributed by atoms with Gasteiger partial charge in [-0.2, -0.15) is 0 Å². The highest BCUT2D eigenvalue weighted by atomic mass is 15.0.